The average molecular weight is 496 g/mol. The Kier molecular flexibility index (Phi) is 5.20. The van der Waals surface area contributed by atoms with Gasteiger partial charge in [0.1, 0.15) is 11.2 Å². The summed E-state index contributed by atoms with van der Waals surface area (Å²) < 4.78 is 6.35. The Hall–Kier alpha value is -4.53. The molecule has 0 spiro atoms. The minimum absolute atomic E-state index is 0.677. The number of fused-ring (bicyclic) bond motifs is 5. The molecule has 0 aliphatic rings. The molecule has 0 radical (unpaired) electrons. The van der Waals surface area contributed by atoms with Gasteiger partial charge < -0.3 is 9.32 Å². The third-order valence-electron chi connectivity index (χ3n) is 6.92. The molecule has 0 saturated carbocycles. The van der Waals surface area contributed by atoms with Crippen molar-refractivity contribution in [2.24, 2.45) is 0 Å². The van der Waals surface area contributed by atoms with Crippen molar-refractivity contribution in [1.29, 1.82) is 0 Å². The molecule has 0 saturated heterocycles. The van der Waals surface area contributed by atoms with Crippen LogP contribution in [0.25, 0.3) is 43.8 Å². The standard InChI is InChI=1S/C34H22ClNO/c35-30-16-9-15-28-31(22-29-27-14-7-8-17-32(27)37-34(29)33(28)30)36(25-12-5-2-6-13-25)26-20-18-24(19-21-26)23-10-3-1-4-11-23/h1-22H. The van der Waals surface area contributed by atoms with Crippen molar-refractivity contribution in [1.82, 2.24) is 0 Å². The molecule has 0 N–H and O–H groups in total. The van der Waals surface area contributed by atoms with E-state index in [0.717, 1.165) is 49.8 Å². The van der Waals surface area contributed by atoms with Crippen molar-refractivity contribution in [2.45, 2.75) is 0 Å². The van der Waals surface area contributed by atoms with Crippen LogP contribution in [0.1, 0.15) is 0 Å². The van der Waals surface area contributed by atoms with E-state index in [-0.39, 0.29) is 0 Å². The first-order chi connectivity index (χ1) is 18.3. The lowest BCUT2D eigenvalue weighted by molar-refractivity contribution is 0.672. The summed E-state index contributed by atoms with van der Waals surface area (Å²) in [6.07, 6.45) is 0. The van der Waals surface area contributed by atoms with E-state index in [0.29, 0.717) is 5.02 Å². The molecule has 3 heteroatoms. The van der Waals surface area contributed by atoms with Crippen molar-refractivity contribution < 1.29 is 4.42 Å². The Balaban J connectivity index is 1.52. The molecule has 0 aliphatic heterocycles. The smallest absolute Gasteiger partial charge is 0.144 e. The molecule has 2 nitrogen and oxygen atoms in total. The highest BCUT2D eigenvalue weighted by molar-refractivity contribution is 6.39. The summed E-state index contributed by atoms with van der Waals surface area (Å²) in [6.45, 7) is 0. The van der Waals surface area contributed by atoms with E-state index in [9.17, 15) is 0 Å². The Bertz CT molecular complexity index is 1870. The molecule has 0 amide bonds. The largest absolute Gasteiger partial charge is 0.455 e. The lowest BCUT2D eigenvalue weighted by Crippen LogP contribution is -2.10. The van der Waals surface area contributed by atoms with Crippen molar-refractivity contribution in [3.05, 3.63) is 138 Å². The minimum atomic E-state index is 0.677. The van der Waals surface area contributed by atoms with Gasteiger partial charge in [0.25, 0.3) is 0 Å². The molecule has 37 heavy (non-hydrogen) atoms. The molecule has 0 atom stereocenters. The third kappa shape index (κ3) is 3.66. The van der Waals surface area contributed by atoms with Crippen molar-refractivity contribution in [3.63, 3.8) is 0 Å². The van der Waals surface area contributed by atoms with E-state index in [4.69, 9.17) is 16.0 Å². The van der Waals surface area contributed by atoms with Gasteiger partial charge in [0.2, 0.25) is 0 Å². The molecule has 0 fully saturated rings. The van der Waals surface area contributed by atoms with Crippen LogP contribution < -0.4 is 4.90 Å². The summed E-state index contributed by atoms with van der Waals surface area (Å²) in [6, 6.07) is 46.1. The number of furan rings is 1. The topological polar surface area (TPSA) is 16.4 Å². The first-order valence-electron chi connectivity index (χ1n) is 12.3. The number of hydrogen-bond acceptors (Lipinski definition) is 2. The monoisotopic (exact) mass is 495 g/mol. The summed E-state index contributed by atoms with van der Waals surface area (Å²) in [5, 5.41) is 4.77. The maximum Gasteiger partial charge on any atom is 0.144 e. The highest BCUT2D eigenvalue weighted by Crippen LogP contribution is 2.46. The first-order valence-corrected chi connectivity index (χ1v) is 12.7. The number of hydrogen-bond donors (Lipinski definition) is 0. The number of rotatable bonds is 4. The lowest BCUT2D eigenvalue weighted by Gasteiger charge is -2.27. The average Bonchev–Trinajstić information content (AvgIpc) is 3.33. The fourth-order valence-electron chi connectivity index (χ4n) is 5.20. The number of nitrogens with zero attached hydrogens (tertiary/aromatic N) is 1. The van der Waals surface area contributed by atoms with Gasteiger partial charge >= 0.3 is 0 Å². The summed E-state index contributed by atoms with van der Waals surface area (Å²) in [7, 11) is 0. The quantitative estimate of drug-likeness (QED) is 0.241. The summed E-state index contributed by atoms with van der Waals surface area (Å²) >= 11 is 6.84. The van der Waals surface area contributed by atoms with Crippen LogP contribution in [0.15, 0.2) is 138 Å². The minimum Gasteiger partial charge on any atom is -0.455 e. The van der Waals surface area contributed by atoms with Gasteiger partial charge in [-0.25, -0.2) is 0 Å². The van der Waals surface area contributed by atoms with E-state index in [1.165, 1.54) is 11.1 Å². The molecule has 6 aromatic carbocycles. The molecule has 1 aromatic heterocycles. The Morgan fingerprint density at radius 3 is 1.92 bits per heavy atom. The van der Waals surface area contributed by atoms with Crippen LogP contribution >= 0.6 is 11.6 Å². The zero-order valence-corrected chi connectivity index (χ0v) is 20.7. The highest BCUT2D eigenvalue weighted by Gasteiger charge is 2.21. The number of halogens is 1. The van der Waals surface area contributed by atoms with Crippen LogP contribution in [0.4, 0.5) is 17.1 Å². The van der Waals surface area contributed by atoms with Crippen LogP contribution in [0.2, 0.25) is 5.02 Å². The number of benzene rings is 6. The zero-order chi connectivity index (χ0) is 24.8. The predicted molar refractivity (Wildman–Crippen MR) is 156 cm³/mol. The number of para-hydroxylation sites is 2. The molecule has 176 valence electrons. The van der Waals surface area contributed by atoms with Gasteiger partial charge in [0.05, 0.1) is 10.7 Å². The molecular formula is C34H22ClNO. The second kappa shape index (κ2) is 8.85. The van der Waals surface area contributed by atoms with E-state index in [2.05, 4.69) is 95.9 Å². The SMILES string of the molecule is Clc1cccc2c(N(c3ccccc3)c3ccc(-c4ccccc4)cc3)cc3c4ccccc4oc3c12. The van der Waals surface area contributed by atoms with Gasteiger partial charge in [-0.15, -0.1) is 0 Å². The van der Waals surface area contributed by atoms with E-state index < -0.39 is 0 Å². The lowest BCUT2D eigenvalue weighted by atomic mass is 10.0. The molecule has 0 bridgehead atoms. The van der Waals surface area contributed by atoms with Crippen LogP contribution in [0.3, 0.4) is 0 Å². The van der Waals surface area contributed by atoms with E-state index in [1.54, 1.807) is 0 Å². The van der Waals surface area contributed by atoms with Crippen molar-refractivity contribution in [2.75, 3.05) is 4.90 Å². The number of anilines is 3. The van der Waals surface area contributed by atoms with Crippen molar-refractivity contribution >= 4 is 61.4 Å². The van der Waals surface area contributed by atoms with Gasteiger partial charge in [0, 0.05) is 32.9 Å². The van der Waals surface area contributed by atoms with Crippen LogP contribution in [0, 0.1) is 0 Å². The molecular weight excluding hydrogens is 474 g/mol. The Morgan fingerprint density at radius 1 is 0.514 bits per heavy atom. The van der Waals surface area contributed by atoms with Crippen molar-refractivity contribution in [3.8, 4) is 11.1 Å². The Morgan fingerprint density at radius 2 is 1.14 bits per heavy atom. The third-order valence-corrected chi connectivity index (χ3v) is 7.23. The fourth-order valence-corrected chi connectivity index (χ4v) is 5.46. The maximum atomic E-state index is 6.84. The second-order valence-electron chi connectivity index (χ2n) is 9.12. The molecule has 0 unspecified atom stereocenters. The molecule has 7 aromatic rings. The van der Waals surface area contributed by atoms with Gasteiger partial charge in [-0.2, -0.15) is 0 Å². The van der Waals surface area contributed by atoms with Gasteiger partial charge in [-0.1, -0.05) is 103 Å². The van der Waals surface area contributed by atoms with Gasteiger partial charge in [-0.3, -0.25) is 0 Å². The fraction of sp³-hybridized carbons (Fsp3) is 0. The maximum absolute atomic E-state index is 6.84. The highest BCUT2D eigenvalue weighted by atomic mass is 35.5. The predicted octanol–water partition coefficient (Wildman–Crippen LogP) is 10.5. The Labute approximate surface area is 220 Å². The van der Waals surface area contributed by atoms with Crippen LogP contribution in [-0.2, 0) is 0 Å². The van der Waals surface area contributed by atoms with Crippen LogP contribution in [0.5, 0.6) is 0 Å². The van der Waals surface area contributed by atoms with E-state index >= 15 is 0 Å². The van der Waals surface area contributed by atoms with Gasteiger partial charge in [0.15, 0.2) is 0 Å². The summed E-state index contributed by atoms with van der Waals surface area (Å²) in [5.74, 6) is 0. The molecule has 7 rings (SSSR count). The van der Waals surface area contributed by atoms with Crippen LogP contribution in [-0.4, -0.2) is 0 Å². The normalized spacial score (nSPS) is 11.4. The summed E-state index contributed by atoms with van der Waals surface area (Å²) in [5.41, 5.74) is 7.25. The zero-order valence-electron chi connectivity index (χ0n) is 19.9. The first kappa shape index (κ1) is 21.7. The molecule has 1 heterocycles. The summed E-state index contributed by atoms with van der Waals surface area (Å²) in [4.78, 5) is 2.30. The van der Waals surface area contributed by atoms with Gasteiger partial charge in [-0.05, 0) is 53.6 Å². The second-order valence-corrected chi connectivity index (χ2v) is 9.52. The van der Waals surface area contributed by atoms with E-state index in [1.807, 2.05) is 42.5 Å². The molecule has 0 aliphatic carbocycles.